The third kappa shape index (κ3) is 2.97. The van der Waals surface area contributed by atoms with Crippen LogP contribution in [0, 0.1) is 23.7 Å². The van der Waals surface area contributed by atoms with Crippen LogP contribution in [0.2, 0.25) is 0 Å². The molecule has 27 heavy (non-hydrogen) atoms. The number of aliphatic hydroxyl groups excluding tert-OH is 1. The number of aliphatic hydroxyl groups is 1. The van der Waals surface area contributed by atoms with E-state index in [0.29, 0.717) is 31.1 Å². The minimum absolute atomic E-state index is 0.0494. The van der Waals surface area contributed by atoms with E-state index in [1.807, 2.05) is 6.92 Å². The van der Waals surface area contributed by atoms with Crippen LogP contribution in [-0.4, -0.2) is 46.7 Å². The van der Waals surface area contributed by atoms with Crippen LogP contribution in [0.15, 0.2) is 12.2 Å². The molecule has 152 valence electrons. The molecule has 5 heteroatoms. The quantitative estimate of drug-likeness (QED) is 0.454. The largest absolute Gasteiger partial charge is 0.457 e. The number of carbonyl (C=O) groups is 1. The highest BCUT2D eigenvalue weighted by atomic mass is 16.6. The van der Waals surface area contributed by atoms with Crippen molar-refractivity contribution in [2.75, 3.05) is 0 Å². The van der Waals surface area contributed by atoms with Crippen molar-refractivity contribution in [2.45, 2.75) is 95.9 Å². The van der Waals surface area contributed by atoms with Crippen molar-refractivity contribution in [3.05, 3.63) is 12.2 Å². The predicted octanol–water partition coefficient (Wildman–Crippen LogP) is 3.24. The molecular formula is C22H34O5. The van der Waals surface area contributed by atoms with E-state index >= 15 is 0 Å². The number of hydrogen-bond donors (Lipinski definition) is 1. The molecule has 0 aromatic rings. The SMILES string of the molecule is C=C1C[C@H]2O[C@H]([C@H]3[C@@H]2[C@]2(C)O[C@H]2C[C@@H]3C(C)C)[C@](C)(OC(C)=O)CC[C@@H]1O. The highest BCUT2D eigenvalue weighted by Gasteiger charge is 2.72. The first-order chi connectivity index (χ1) is 12.6. The molecule has 0 aromatic carbocycles. The molecule has 0 radical (unpaired) electrons. The zero-order valence-electron chi connectivity index (χ0n) is 17.2. The third-order valence-corrected chi connectivity index (χ3v) is 7.79. The number of rotatable bonds is 2. The fourth-order valence-electron chi connectivity index (χ4n) is 6.34. The third-order valence-electron chi connectivity index (χ3n) is 7.79. The van der Waals surface area contributed by atoms with E-state index in [4.69, 9.17) is 14.2 Å². The summed E-state index contributed by atoms with van der Waals surface area (Å²) in [5.74, 6) is 1.21. The molecule has 4 fully saturated rings. The summed E-state index contributed by atoms with van der Waals surface area (Å²) in [7, 11) is 0. The van der Waals surface area contributed by atoms with E-state index < -0.39 is 11.7 Å². The molecule has 1 N–H and O–H groups in total. The summed E-state index contributed by atoms with van der Waals surface area (Å²) in [5, 5.41) is 10.6. The maximum atomic E-state index is 12.0. The zero-order chi connectivity index (χ0) is 19.7. The maximum Gasteiger partial charge on any atom is 0.303 e. The number of ether oxygens (including phenoxy) is 3. The van der Waals surface area contributed by atoms with Crippen LogP contribution in [0.3, 0.4) is 0 Å². The highest BCUT2D eigenvalue weighted by molar-refractivity contribution is 5.66. The van der Waals surface area contributed by atoms with Gasteiger partial charge in [0.2, 0.25) is 0 Å². The monoisotopic (exact) mass is 378 g/mol. The molecule has 9 atom stereocenters. The van der Waals surface area contributed by atoms with Gasteiger partial charge < -0.3 is 19.3 Å². The fraction of sp³-hybridized carbons (Fsp3) is 0.864. The number of carbonyl (C=O) groups excluding carboxylic acids is 1. The Labute approximate surface area is 162 Å². The highest BCUT2D eigenvalue weighted by Crippen LogP contribution is 2.64. The smallest absolute Gasteiger partial charge is 0.303 e. The van der Waals surface area contributed by atoms with Gasteiger partial charge in [0, 0.05) is 18.8 Å². The van der Waals surface area contributed by atoms with Gasteiger partial charge in [-0.2, -0.15) is 0 Å². The number of epoxide rings is 1. The van der Waals surface area contributed by atoms with E-state index in [0.717, 1.165) is 12.0 Å². The molecule has 0 amide bonds. The van der Waals surface area contributed by atoms with Crippen LogP contribution in [-0.2, 0) is 19.0 Å². The summed E-state index contributed by atoms with van der Waals surface area (Å²) < 4.78 is 18.8. The van der Waals surface area contributed by atoms with E-state index in [2.05, 4.69) is 27.4 Å². The Morgan fingerprint density at radius 1 is 1.37 bits per heavy atom. The molecular weight excluding hydrogens is 344 g/mol. The van der Waals surface area contributed by atoms with Crippen molar-refractivity contribution in [1.29, 1.82) is 0 Å². The molecule has 1 saturated carbocycles. The Kier molecular flexibility index (Phi) is 4.53. The molecule has 0 spiro atoms. The predicted molar refractivity (Wildman–Crippen MR) is 101 cm³/mol. The van der Waals surface area contributed by atoms with Crippen molar-refractivity contribution in [3.8, 4) is 0 Å². The zero-order valence-corrected chi connectivity index (χ0v) is 17.2. The van der Waals surface area contributed by atoms with Crippen molar-refractivity contribution in [1.82, 2.24) is 0 Å². The van der Waals surface area contributed by atoms with Crippen molar-refractivity contribution < 1.29 is 24.1 Å². The van der Waals surface area contributed by atoms with E-state index in [-0.39, 0.29) is 41.7 Å². The van der Waals surface area contributed by atoms with Gasteiger partial charge >= 0.3 is 5.97 Å². The normalized spacial score (nSPS) is 51.7. The van der Waals surface area contributed by atoms with Gasteiger partial charge in [-0.15, -0.1) is 0 Å². The summed E-state index contributed by atoms with van der Waals surface area (Å²) >= 11 is 0. The Morgan fingerprint density at radius 2 is 2.07 bits per heavy atom. The average Bonchev–Trinajstić information content (AvgIpc) is 3.07. The van der Waals surface area contributed by atoms with Gasteiger partial charge in [-0.05, 0) is 56.9 Å². The van der Waals surface area contributed by atoms with Crippen molar-refractivity contribution >= 4 is 5.97 Å². The number of fused-ring (bicyclic) bond motifs is 7. The number of hydrogen-bond acceptors (Lipinski definition) is 5. The van der Waals surface area contributed by atoms with Gasteiger partial charge in [-0.25, -0.2) is 0 Å². The maximum absolute atomic E-state index is 12.0. The Morgan fingerprint density at radius 3 is 2.70 bits per heavy atom. The van der Waals surface area contributed by atoms with Gasteiger partial charge in [0.1, 0.15) is 11.7 Å². The Balaban J connectivity index is 1.78. The molecule has 2 bridgehead atoms. The summed E-state index contributed by atoms with van der Waals surface area (Å²) in [6.45, 7) is 14.3. The van der Waals surface area contributed by atoms with Crippen LogP contribution in [0.1, 0.15) is 60.3 Å². The second-order valence-electron chi connectivity index (χ2n) is 9.96. The first-order valence-corrected chi connectivity index (χ1v) is 10.5. The van der Waals surface area contributed by atoms with Gasteiger partial charge in [0.15, 0.2) is 0 Å². The van der Waals surface area contributed by atoms with Crippen molar-refractivity contribution in [2.24, 2.45) is 23.7 Å². The molecule has 4 rings (SSSR count). The Hall–Kier alpha value is -0.910. The van der Waals surface area contributed by atoms with E-state index in [1.165, 1.54) is 6.92 Å². The van der Waals surface area contributed by atoms with Crippen LogP contribution in [0.25, 0.3) is 0 Å². The molecule has 1 aliphatic carbocycles. The lowest BCUT2D eigenvalue weighted by atomic mass is 9.59. The summed E-state index contributed by atoms with van der Waals surface area (Å²) in [4.78, 5) is 12.0. The first-order valence-electron chi connectivity index (χ1n) is 10.5. The minimum Gasteiger partial charge on any atom is -0.457 e. The van der Waals surface area contributed by atoms with Crippen LogP contribution < -0.4 is 0 Å². The summed E-state index contributed by atoms with van der Waals surface area (Å²) in [5.41, 5.74) is -0.101. The summed E-state index contributed by atoms with van der Waals surface area (Å²) in [6, 6.07) is 0. The second-order valence-corrected chi connectivity index (χ2v) is 9.96. The average molecular weight is 379 g/mol. The summed E-state index contributed by atoms with van der Waals surface area (Å²) in [6.07, 6.45) is 2.27. The second kappa shape index (κ2) is 6.30. The molecule has 3 saturated heterocycles. The molecule has 0 unspecified atom stereocenters. The van der Waals surface area contributed by atoms with E-state index in [9.17, 15) is 9.90 Å². The van der Waals surface area contributed by atoms with Crippen LogP contribution in [0.5, 0.6) is 0 Å². The molecule has 4 aliphatic rings. The minimum atomic E-state index is -0.750. The van der Waals surface area contributed by atoms with E-state index in [1.54, 1.807) is 0 Å². The topological polar surface area (TPSA) is 68.3 Å². The molecule has 3 heterocycles. The van der Waals surface area contributed by atoms with Crippen LogP contribution in [0.4, 0.5) is 0 Å². The number of esters is 1. The van der Waals surface area contributed by atoms with Gasteiger partial charge in [0.05, 0.1) is 23.9 Å². The molecule has 5 nitrogen and oxygen atoms in total. The van der Waals surface area contributed by atoms with Crippen molar-refractivity contribution in [3.63, 3.8) is 0 Å². The lowest BCUT2D eigenvalue weighted by Crippen LogP contribution is -2.53. The van der Waals surface area contributed by atoms with Gasteiger partial charge in [-0.3, -0.25) is 4.79 Å². The van der Waals surface area contributed by atoms with Crippen LogP contribution >= 0.6 is 0 Å². The molecule has 3 aliphatic heterocycles. The fourth-order valence-corrected chi connectivity index (χ4v) is 6.34. The van der Waals surface area contributed by atoms with Gasteiger partial charge in [-0.1, -0.05) is 20.4 Å². The molecule has 0 aromatic heterocycles. The lowest BCUT2D eigenvalue weighted by molar-refractivity contribution is -0.179. The van der Waals surface area contributed by atoms with Gasteiger partial charge in [0.25, 0.3) is 0 Å². The Bertz CT molecular complexity index is 645. The lowest BCUT2D eigenvalue weighted by Gasteiger charge is -2.45. The standard InChI is InChI=1S/C22H34O5/c1-11(2)14-10-17-22(6,27-17)19-16-9-12(3)15(24)7-8-21(5,26-13(4)23)20(25-16)18(14)19/h11,14-20,24H,3,7-10H2,1-2,4-6H3/t14-,15+,16-,17+,18-,19-,20-,21-,22-/m1/s1. The first kappa shape index (κ1) is 19.4.